The van der Waals surface area contributed by atoms with Gasteiger partial charge >= 0.3 is 0 Å². The summed E-state index contributed by atoms with van der Waals surface area (Å²) in [6.07, 6.45) is 0.594. The van der Waals surface area contributed by atoms with Crippen LogP contribution in [0.2, 0.25) is 0 Å². The summed E-state index contributed by atoms with van der Waals surface area (Å²) in [4.78, 5) is 29.0. The fourth-order valence-corrected chi connectivity index (χ4v) is 4.06. The van der Waals surface area contributed by atoms with Crippen LogP contribution in [0.5, 0.6) is 0 Å². The highest BCUT2D eigenvalue weighted by atomic mass is 19.1. The Morgan fingerprint density at radius 3 is 2.64 bits per heavy atom. The van der Waals surface area contributed by atoms with E-state index in [2.05, 4.69) is 0 Å². The van der Waals surface area contributed by atoms with Gasteiger partial charge in [0, 0.05) is 19.6 Å². The molecule has 5 nitrogen and oxygen atoms in total. The van der Waals surface area contributed by atoms with E-state index in [4.69, 9.17) is 4.74 Å². The van der Waals surface area contributed by atoms with Gasteiger partial charge in [-0.2, -0.15) is 0 Å². The maximum atomic E-state index is 14.1. The second-order valence-corrected chi connectivity index (χ2v) is 7.61. The van der Waals surface area contributed by atoms with E-state index in [9.17, 15) is 14.0 Å². The van der Waals surface area contributed by atoms with Gasteiger partial charge in [0.05, 0.1) is 17.2 Å². The Bertz CT molecular complexity index is 888. The molecule has 2 aliphatic rings. The Morgan fingerprint density at radius 2 is 1.89 bits per heavy atom. The zero-order valence-corrected chi connectivity index (χ0v) is 15.8. The fraction of sp³-hybridized carbons (Fsp3) is 0.364. The van der Waals surface area contributed by atoms with Crippen molar-refractivity contribution in [2.45, 2.75) is 31.5 Å². The number of piperidine rings is 1. The van der Waals surface area contributed by atoms with Crippen LogP contribution in [0, 0.1) is 5.82 Å². The number of carbonyl (C=O) groups excluding carboxylic acids is 2. The minimum absolute atomic E-state index is 0.0428. The molecule has 2 aromatic carbocycles. The first-order valence-corrected chi connectivity index (χ1v) is 9.49. The summed E-state index contributed by atoms with van der Waals surface area (Å²) in [5, 5.41) is 0. The Hall–Kier alpha value is -2.73. The summed E-state index contributed by atoms with van der Waals surface area (Å²) in [6.45, 7) is 3.29. The second-order valence-electron chi connectivity index (χ2n) is 7.61. The lowest BCUT2D eigenvalue weighted by molar-refractivity contribution is -0.186. The third-order valence-corrected chi connectivity index (χ3v) is 5.79. The van der Waals surface area contributed by atoms with Crippen LogP contribution in [0.25, 0.3) is 0 Å². The average molecular weight is 382 g/mol. The van der Waals surface area contributed by atoms with Gasteiger partial charge in [0.1, 0.15) is 12.4 Å². The van der Waals surface area contributed by atoms with Crippen molar-refractivity contribution >= 4 is 11.8 Å². The van der Waals surface area contributed by atoms with Gasteiger partial charge in [-0.25, -0.2) is 4.39 Å². The molecule has 2 aromatic rings. The Balaban J connectivity index is 1.59. The molecule has 0 spiro atoms. The van der Waals surface area contributed by atoms with Crippen molar-refractivity contribution in [3.05, 3.63) is 71.5 Å². The SMILES string of the molecule is C[C@@]12CCN(C(=O)c3ccccc3F)C[C@H]1N(Cc1ccccc1)C(=O)CO2. The van der Waals surface area contributed by atoms with Crippen LogP contribution in [-0.2, 0) is 16.1 Å². The number of rotatable bonds is 3. The number of nitrogens with zero attached hydrogens (tertiary/aromatic N) is 2. The molecule has 146 valence electrons. The first-order valence-electron chi connectivity index (χ1n) is 9.49. The Morgan fingerprint density at radius 1 is 1.18 bits per heavy atom. The minimum atomic E-state index is -0.530. The van der Waals surface area contributed by atoms with Gasteiger partial charge in [-0.15, -0.1) is 0 Å². The number of fused-ring (bicyclic) bond motifs is 1. The molecule has 2 aliphatic heterocycles. The number of hydrogen-bond acceptors (Lipinski definition) is 3. The molecule has 0 radical (unpaired) electrons. The zero-order chi connectivity index (χ0) is 19.7. The van der Waals surface area contributed by atoms with Crippen LogP contribution in [0.3, 0.4) is 0 Å². The fourth-order valence-electron chi connectivity index (χ4n) is 4.06. The number of ether oxygens (including phenoxy) is 1. The maximum absolute atomic E-state index is 14.1. The van der Waals surface area contributed by atoms with Crippen LogP contribution < -0.4 is 0 Å². The van der Waals surface area contributed by atoms with Gasteiger partial charge in [-0.3, -0.25) is 9.59 Å². The average Bonchev–Trinajstić information content (AvgIpc) is 2.71. The molecule has 2 heterocycles. The van der Waals surface area contributed by atoms with Crippen molar-refractivity contribution in [3.63, 3.8) is 0 Å². The van der Waals surface area contributed by atoms with Crippen LogP contribution in [0.1, 0.15) is 29.3 Å². The van der Waals surface area contributed by atoms with E-state index in [1.807, 2.05) is 37.3 Å². The van der Waals surface area contributed by atoms with Crippen molar-refractivity contribution in [1.29, 1.82) is 0 Å². The molecule has 6 heteroatoms. The molecule has 0 N–H and O–H groups in total. The molecule has 0 unspecified atom stereocenters. The van der Waals surface area contributed by atoms with Crippen LogP contribution in [0.4, 0.5) is 4.39 Å². The Labute approximate surface area is 163 Å². The van der Waals surface area contributed by atoms with Crippen LogP contribution in [0.15, 0.2) is 54.6 Å². The van der Waals surface area contributed by atoms with E-state index in [-0.39, 0.29) is 30.0 Å². The number of halogens is 1. The van der Waals surface area contributed by atoms with E-state index >= 15 is 0 Å². The van der Waals surface area contributed by atoms with Gasteiger partial charge in [-0.05, 0) is 31.0 Å². The molecule has 2 fully saturated rings. The molecule has 0 aromatic heterocycles. The van der Waals surface area contributed by atoms with Crippen molar-refractivity contribution in [3.8, 4) is 0 Å². The maximum Gasteiger partial charge on any atom is 0.256 e. The molecule has 2 atom stereocenters. The number of amides is 2. The highest BCUT2D eigenvalue weighted by Crippen LogP contribution is 2.35. The van der Waals surface area contributed by atoms with Crippen molar-refractivity contribution in [1.82, 2.24) is 9.80 Å². The molecular formula is C22H23FN2O3. The summed E-state index contributed by atoms with van der Waals surface area (Å²) < 4.78 is 20.0. The van der Waals surface area contributed by atoms with E-state index in [1.165, 1.54) is 12.1 Å². The molecule has 28 heavy (non-hydrogen) atoms. The van der Waals surface area contributed by atoms with Gasteiger partial charge in [-0.1, -0.05) is 42.5 Å². The summed E-state index contributed by atoms with van der Waals surface area (Å²) in [7, 11) is 0. The highest BCUT2D eigenvalue weighted by Gasteiger charge is 2.49. The lowest BCUT2D eigenvalue weighted by Gasteiger charge is -2.52. The molecule has 0 saturated carbocycles. The summed E-state index contributed by atoms with van der Waals surface area (Å²) in [5.74, 6) is -0.970. The standard InChI is InChI=1S/C22H23FN2O3/c1-22-11-12-24(21(27)17-9-5-6-10-18(17)23)14-19(22)25(20(26)15-28-22)13-16-7-3-2-4-8-16/h2-10,19H,11-15H2,1H3/t19-,22-/m1/s1. The summed E-state index contributed by atoms with van der Waals surface area (Å²) >= 11 is 0. The quantitative estimate of drug-likeness (QED) is 0.820. The normalized spacial score (nSPS) is 24.8. The molecule has 0 aliphatic carbocycles. The lowest BCUT2D eigenvalue weighted by Crippen LogP contribution is -2.67. The van der Waals surface area contributed by atoms with E-state index < -0.39 is 11.4 Å². The molecule has 0 bridgehead atoms. The van der Waals surface area contributed by atoms with Gasteiger partial charge in [0.2, 0.25) is 5.91 Å². The second kappa shape index (κ2) is 7.36. The van der Waals surface area contributed by atoms with Gasteiger partial charge < -0.3 is 14.5 Å². The third-order valence-electron chi connectivity index (χ3n) is 5.79. The number of benzene rings is 2. The van der Waals surface area contributed by atoms with E-state index in [0.29, 0.717) is 26.1 Å². The summed E-state index contributed by atoms with van der Waals surface area (Å²) in [5.41, 5.74) is 0.566. The monoisotopic (exact) mass is 382 g/mol. The first-order chi connectivity index (χ1) is 13.5. The molecular weight excluding hydrogens is 359 g/mol. The minimum Gasteiger partial charge on any atom is -0.363 e. The molecule has 2 amide bonds. The summed E-state index contributed by atoms with van der Waals surface area (Å²) in [6, 6.07) is 15.5. The van der Waals surface area contributed by atoms with Crippen LogP contribution in [-0.4, -0.2) is 53.0 Å². The number of hydrogen-bond donors (Lipinski definition) is 0. The van der Waals surface area contributed by atoms with Crippen molar-refractivity contribution in [2.24, 2.45) is 0 Å². The lowest BCUT2D eigenvalue weighted by atomic mass is 9.85. The number of morpholine rings is 1. The first kappa shape index (κ1) is 18.6. The van der Waals surface area contributed by atoms with Gasteiger partial charge in [0.15, 0.2) is 0 Å². The number of likely N-dealkylation sites (tertiary alicyclic amines) is 1. The van der Waals surface area contributed by atoms with Crippen molar-refractivity contribution < 1.29 is 18.7 Å². The van der Waals surface area contributed by atoms with E-state index in [0.717, 1.165) is 5.56 Å². The number of carbonyl (C=O) groups is 2. The molecule has 4 rings (SSSR count). The smallest absolute Gasteiger partial charge is 0.256 e. The largest absolute Gasteiger partial charge is 0.363 e. The molecule has 2 saturated heterocycles. The third kappa shape index (κ3) is 3.40. The van der Waals surface area contributed by atoms with Crippen LogP contribution >= 0.6 is 0 Å². The Kier molecular flexibility index (Phi) is 4.89. The van der Waals surface area contributed by atoms with E-state index in [1.54, 1.807) is 21.9 Å². The topological polar surface area (TPSA) is 49.9 Å². The highest BCUT2D eigenvalue weighted by molar-refractivity contribution is 5.94. The predicted molar refractivity (Wildman–Crippen MR) is 102 cm³/mol. The van der Waals surface area contributed by atoms with Gasteiger partial charge in [0.25, 0.3) is 5.91 Å². The zero-order valence-electron chi connectivity index (χ0n) is 15.8. The predicted octanol–water partition coefficient (Wildman–Crippen LogP) is 2.86. The van der Waals surface area contributed by atoms with Crippen molar-refractivity contribution in [2.75, 3.05) is 19.7 Å².